The fraction of sp³-hybridized carbons (Fsp3) is 0.714. The molecule has 0 aliphatic carbocycles. The van der Waals surface area contributed by atoms with Crippen LogP contribution < -0.4 is 0 Å². The van der Waals surface area contributed by atoms with Gasteiger partial charge in [-0.05, 0) is 6.42 Å². The number of amides is 3. The van der Waals surface area contributed by atoms with Crippen LogP contribution >= 0.6 is 0 Å². The molecule has 0 aliphatic heterocycles. The zero-order valence-corrected chi connectivity index (χ0v) is 7.13. The van der Waals surface area contributed by atoms with E-state index in [2.05, 4.69) is 0 Å². The van der Waals surface area contributed by atoms with Gasteiger partial charge in [0.15, 0.2) is 0 Å². The number of hydrogen-bond donors (Lipinski definition) is 0. The normalized spacial score (nSPS) is 9.00. The van der Waals surface area contributed by atoms with Crippen molar-refractivity contribution in [3.05, 3.63) is 0 Å². The number of hydrogen-bond acceptors (Lipinski definition) is 2. The van der Waals surface area contributed by atoms with E-state index in [1.165, 1.54) is 4.90 Å². The van der Waals surface area contributed by atoms with Gasteiger partial charge in [-0.15, -0.1) is 0 Å². The largest absolute Gasteiger partial charge is 0.330 e. The van der Waals surface area contributed by atoms with E-state index in [4.69, 9.17) is 0 Å². The molecule has 11 heavy (non-hydrogen) atoms. The smallest absolute Gasteiger partial charge is 0.326 e. The van der Waals surface area contributed by atoms with Crippen LogP contribution in [0, 0.1) is 0 Å². The number of urea groups is 1. The predicted octanol–water partition coefficient (Wildman–Crippen LogP) is 0.447. The van der Waals surface area contributed by atoms with Crippen molar-refractivity contribution < 1.29 is 9.59 Å². The van der Waals surface area contributed by atoms with Gasteiger partial charge < -0.3 is 4.90 Å². The molecule has 0 aliphatic rings. The van der Waals surface area contributed by atoms with E-state index in [1.807, 2.05) is 6.92 Å². The monoisotopic (exact) mass is 157 g/mol. The van der Waals surface area contributed by atoms with Crippen molar-refractivity contribution in [2.75, 3.05) is 20.6 Å². The third kappa shape index (κ3) is 3.02. The molecule has 0 fully saturated rings. The van der Waals surface area contributed by atoms with E-state index in [0.717, 1.165) is 11.3 Å². The van der Waals surface area contributed by atoms with Crippen LogP contribution in [0.4, 0.5) is 4.79 Å². The summed E-state index contributed by atoms with van der Waals surface area (Å²) in [4.78, 5) is 23.6. The summed E-state index contributed by atoms with van der Waals surface area (Å²) in [6.45, 7) is 2.33. The van der Waals surface area contributed by atoms with Gasteiger partial charge in [0.2, 0.25) is 0 Å². The molecule has 0 heterocycles. The maximum atomic E-state index is 11.1. The maximum Gasteiger partial charge on any atom is 0.326 e. The van der Waals surface area contributed by atoms with E-state index in [1.54, 1.807) is 20.5 Å². The van der Waals surface area contributed by atoms with Gasteiger partial charge in [0.05, 0.1) is 0 Å². The van der Waals surface area contributed by atoms with Crippen LogP contribution in [-0.2, 0) is 4.79 Å². The Morgan fingerprint density at radius 2 is 2.00 bits per heavy atom. The van der Waals surface area contributed by atoms with Gasteiger partial charge in [0.1, 0.15) is 0 Å². The number of carbonyl (C=O) groups is 1. The second-order valence-corrected chi connectivity index (χ2v) is 2.42. The highest BCUT2D eigenvalue weighted by molar-refractivity contribution is 5.84. The molecule has 63 valence electrons. The molecule has 4 nitrogen and oxygen atoms in total. The fourth-order valence-corrected chi connectivity index (χ4v) is 0.645. The predicted molar refractivity (Wildman–Crippen MR) is 41.8 cm³/mol. The van der Waals surface area contributed by atoms with Crippen molar-refractivity contribution in [2.24, 2.45) is 0 Å². The first kappa shape index (κ1) is 9.94. The van der Waals surface area contributed by atoms with Gasteiger partial charge in [0, 0.05) is 20.6 Å². The zero-order valence-electron chi connectivity index (χ0n) is 7.13. The topological polar surface area (TPSA) is 40.6 Å². The van der Waals surface area contributed by atoms with Gasteiger partial charge in [-0.2, -0.15) is 0 Å². The Kier molecular flexibility index (Phi) is 4.26. The third-order valence-corrected chi connectivity index (χ3v) is 1.17. The first-order chi connectivity index (χ1) is 5.13. The number of rotatable bonds is 3. The first-order valence-corrected chi connectivity index (χ1v) is 3.50. The Labute approximate surface area is 66.8 Å². The number of carbonyl (C=O) groups excluding carboxylic acids is 2. The van der Waals surface area contributed by atoms with Gasteiger partial charge in [-0.3, -0.25) is 9.69 Å². The summed E-state index contributed by atoms with van der Waals surface area (Å²) in [5, 5.41) is 0. The molecule has 0 unspecified atom stereocenters. The molecule has 0 saturated carbocycles. The summed E-state index contributed by atoms with van der Waals surface area (Å²) in [6.07, 6.45) is 2.33. The standard InChI is InChI=1S/C7H13N2O2/c1-4-5-9(6-10)7(11)8(2)3/h4-5H2,1-3H3. The molecule has 0 spiro atoms. The minimum absolute atomic E-state index is 0.318. The molecule has 3 amide bonds. The molecule has 0 aromatic carbocycles. The van der Waals surface area contributed by atoms with Gasteiger partial charge in [0.25, 0.3) is 0 Å². The van der Waals surface area contributed by atoms with E-state index in [0.29, 0.717) is 6.54 Å². The van der Waals surface area contributed by atoms with Crippen LogP contribution in [0.3, 0.4) is 0 Å². The molecular weight excluding hydrogens is 144 g/mol. The third-order valence-electron chi connectivity index (χ3n) is 1.17. The lowest BCUT2D eigenvalue weighted by molar-refractivity contribution is 0.193. The van der Waals surface area contributed by atoms with Crippen LogP contribution in [0.15, 0.2) is 0 Å². The van der Waals surface area contributed by atoms with Crippen molar-refractivity contribution in [3.8, 4) is 0 Å². The van der Waals surface area contributed by atoms with E-state index in [-0.39, 0.29) is 6.03 Å². The minimum Gasteiger partial charge on any atom is -0.330 e. The molecular formula is C7H13N2O2. The van der Waals surface area contributed by atoms with Crippen LogP contribution in [0.5, 0.6) is 0 Å². The number of nitrogens with zero attached hydrogens (tertiary/aromatic N) is 2. The zero-order chi connectivity index (χ0) is 8.85. The van der Waals surface area contributed by atoms with Gasteiger partial charge in [-0.1, -0.05) is 6.92 Å². The molecule has 0 saturated heterocycles. The Hall–Kier alpha value is -1.06. The summed E-state index contributed by atoms with van der Waals surface area (Å²) >= 11 is 0. The Morgan fingerprint density at radius 1 is 1.45 bits per heavy atom. The van der Waals surface area contributed by atoms with Crippen molar-refractivity contribution in [2.45, 2.75) is 13.3 Å². The van der Waals surface area contributed by atoms with E-state index >= 15 is 0 Å². The first-order valence-electron chi connectivity index (χ1n) is 3.50. The highest BCUT2D eigenvalue weighted by Crippen LogP contribution is 1.92. The second kappa shape index (κ2) is 4.71. The minimum atomic E-state index is -0.318. The lowest BCUT2D eigenvalue weighted by Gasteiger charge is -2.18. The second-order valence-electron chi connectivity index (χ2n) is 2.42. The lowest BCUT2D eigenvalue weighted by Crippen LogP contribution is -2.38. The summed E-state index contributed by atoms with van der Waals surface area (Å²) in [5.74, 6) is 0. The fourth-order valence-electron chi connectivity index (χ4n) is 0.645. The van der Waals surface area contributed by atoms with E-state index in [9.17, 15) is 9.59 Å². The Bertz CT molecular complexity index is 145. The van der Waals surface area contributed by atoms with Crippen LogP contribution in [-0.4, -0.2) is 42.9 Å². The summed E-state index contributed by atoms with van der Waals surface area (Å²) in [7, 11) is 3.20. The SMILES string of the molecule is CCCN([C]=O)C(=O)N(C)C. The highest BCUT2D eigenvalue weighted by Gasteiger charge is 2.13. The molecule has 1 radical (unpaired) electrons. The summed E-state index contributed by atoms with van der Waals surface area (Å²) < 4.78 is 0. The van der Waals surface area contributed by atoms with Crippen molar-refractivity contribution in [3.63, 3.8) is 0 Å². The molecule has 0 N–H and O–H groups in total. The molecule has 4 heteroatoms. The summed E-state index contributed by atoms with van der Waals surface area (Å²) in [5.41, 5.74) is 0. The van der Waals surface area contributed by atoms with E-state index < -0.39 is 0 Å². The van der Waals surface area contributed by atoms with Crippen molar-refractivity contribution in [1.29, 1.82) is 0 Å². The molecule has 0 aromatic rings. The number of imide groups is 1. The van der Waals surface area contributed by atoms with Crippen molar-refractivity contribution >= 4 is 12.4 Å². The molecule has 0 atom stereocenters. The van der Waals surface area contributed by atoms with Gasteiger partial charge >= 0.3 is 12.4 Å². The lowest BCUT2D eigenvalue weighted by atomic mass is 10.4. The molecule has 0 rings (SSSR count). The highest BCUT2D eigenvalue weighted by atomic mass is 16.2. The average Bonchev–Trinajstić information content (AvgIpc) is 1.98. The van der Waals surface area contributed by atoms with Gasteiger partial charge in [-0.25, -0.2) is 4.79 Å². The Balaban J connectivity index is 4.02. The van der Waals surface area contributed by atoms with Crippen LogP contribution in [0.1, 0.15) is 13.3 Å². The average molecular weight is 157 g/mol. The maximum absolute atomic E-state index is 11.1. The van der Waals surface area contributed by atoms with Crippen molar-refractivity contribution in [1.82, 2.24) is 9.80 Å². The Morgan fingerprint density at radius 3 is 2.27 bits per heavy atom. The molecule has 0 aromatic heterocycles. The quantitative estimate of drug-likeness (QED) is 0.558. The van der Waals surface area contributed by atoms with Crippen LogP contribution in [0.25, 0.3) is 0 Å². The van der Waals surface area contributed by atoms with Crippen LogP contribution in [0.2, 0.25) is 0 Å². The molecule has 0 bridgehead atoms. The summed E-state index contributed by atoms with van der Waals surface area (Å²) in [6, 6.07) is -0.318.